The molecule has 0 aromatic heterocycles. The van der Waals surface area contributed by atoms with Crippen LogP contribution in [-0.2, 0) is 68.7 Å². The predicted octanol–water partition coefficient (Wildman–Crippen LogP) is -8.53. The zero-order valence-electron chi connectivity index (χ0n) is 41.4. The van der Waals surface area contributed by atoms with Crippen molar-refractivity contribution < 1.29 is 82.8 Å². The molecule has 0 heterocycles. The Morgan fingerprint density at radius 2 is 0.878 bits per heavy atom. The highest BCUT2D eigenvalue weighted by Gasteiger charge is 2.36. The molecule has 1 rings (SSSR count). The van der Waals surface area contributed by atoms with Gasteiger partial charge in [-0.05, 0) is 45.1 Å². The van der Waals surface area contributed by atoms with Crippen LogP contribution < -0.4 is 70.8 Å². The Kier molecular flexibility index (Phi) is 27.4. The number of primary amides is 3. The average Bonchev–Trinajstić information content (AvgIpc) is 3.31. The summed E-state index contributed by atoms with van der Waals surface area (Å²) in [7, 11) is 0. The van der Waals surface area contributed by atoms with Crippen LogP contribution >= 0.6 is 0 Å². The van der Waals surface area contributed by atoms with Crippen molar-refractivity contribution in [3.63, 3.8) is 0 Å². The fourth-order valence-electron chi connectivity index (χ4n) is 6.49. The lowest BCUT2D eigenvalue weighted by Crippen LogP contribution is -2.62. The third-order valence-electron chi connectivity index (χ3n) is 10.6. The van der Waals surface area contributed by atoms with Gasteiger partial charge in [0.2, 0.25) is 70.9 Å². The van der Waals surface area contributed by atoms with E-state index in [9.17, 15) is 82.8 Å². The molecule has 0 bridgehead atoms. The van der Waals surface area contributed by atoms with Gasteiger partial charge < -0.3 is 91.2 Å². The number of carbonyl (C=O) groups excluding carboxylic acids is 12. The molecule has 0 fully saturated rings. The third kappa shape index (κ3) is 23.2. The number of aliphatic carboxylic acids is 1. The molecule has 0 saturated carbocycles. The van der Waals surface area contributed by atoms with Gasteiger partial charge in [-0.25, -0.2) is 4.79 Å². The van der Waals surface area contributed by atoms with Crippen molar-refractivity contribution in [2.75, 3.05) is 13.2 Å². The Balaban J connectivity index is 3.28. The molecule has 0 aliphatic rings. The molecule has 1 aromatic rings. The van der Waals surface area contributed by atoms with Crippen molar-refractivity contribution in [1.29, 1.82) is 0 Å². The van der Waals surface area contributed by atoms with E-state index in [-0.39, 0.29) is 31.6 Å². The fraction of sp³-hybridized carbons (Fsp3) is 0.568. The summed E-state index contributed by atoms with van der Waals surface area (Å²) in [6.45, 7) is 4.58. The summed E-state index contributed by atoms with van der Waals surface area (Å²) in [6, 6.07) is -8.55. The minimum atomic E-state index is -1.93. The van der Waals surface area contributed by atoms with E-state index in [1.54, 1.807) is 44.2 Å². The highest BCUT2D eigenvalue weighted by Crippen LogP contribution is 2.09. The van der Waals surface area contributed by atoms with E-state index in [2.05, 4.69) is 47.9 Å². The second-order valence-electron chi connectivity index (χ2n) is 17.5. The average molecular weight is 1050 g/mol. The SMILES string of the molecule is CC(C)C[C@H](NC(=O)[C@H](CC(N)=O)NC(=O)[C@H](C)NC(=O)[C@@H](NC(=O)[C@H](CC(N)=O)NC(=O)[C@H](Cc1ccccc1)NC(=O)[C@H](CO)NC(=O)[C@H](CO)NC(=O)[C@H](C)NC(=O)[C@@H](N)CCC(N)=O)[C@@H](C)O)C(=O)O. The topological polar surface area (TPSA) is 515 Å². The van der Waals surface area contributed by atoms with E-state index in [1.165, 1.54) is 6.92 Å². The molecule has 0 saturated heterocycles. The minimum Gasteiger partial charge on any atom is -0.480 e. The number of aliphatic hydroxyl groups is 3. The molecule has 0 spiro atoms. The zero-order valence-corrected chi connectivity index (χ0v) is 41.4. The van der Waals surface area contributed by atoms with E-state index in [0.717, 1.165) is 13.8 Å². The lowest BCUT2D eigenvalue weighted by atomic mass is 10.0. The lowest BCUT2D eigenvalue weighted by Gasteiger charge is -2.28. The first-order valence-electron chi connectivity index (χ1n) is 23.0. The molecule has 0 aliphatic carbocycles. The summed E-state index contributed by atoms with van der Waals surface area (Å²) in [6.07, 6.45) is -4.16. The largest absolute Gasteiger partial charge is 0.480 e. The maximum atomic E-state index is 13.9. The number of nitrogens with two attached hydrogens (primary N) is 4. The number of carbonyl (C=O) groups is 13. The van der Waals surface area contributed by atoms with Gasteiger partial charge in [0.1, 0.15) is 54.4 Å². The minimum absolute atomic E-state index is 0.00991. The summed E-state index contributed by atoms with van der Waals surface area (Å²) in [5, 5.41) is 60.0. The maximum absolute atomic E-state index is 13.9. The van der Waals surface area contributed by atoms with Gasteiger partial charge in [-0.2, -0.15) is 0 Å². The van der Waals surface area contributed by atoms with Crippen molar-refractivity contribution in [3.8, 4) is 0 Å². The Morgan fingerprint density at radius 1 is 0.486 bits per heavy atom. The lowest BCUT2D eigenvalue weighted by molar-refractivity contribution is -0.143. The van der Waals surface area contributed by atoms with Crippen LogP contribution in [0.1, 0.15) is 72.3 Å². The molecular weight excluding hydrogens is 983 g/mol. The van der Waals surface area contributed by atoms with Crippen LogP contribution in [0.5, 0.6) is 0 Å². The first-order valence-corrected chi connectivity index (χ1v) is 23.0. The maximum Gasteiger partial charge on any atom is 0.326 e. The number of benzene rings is 1. The summed E-state index contributed by atoms with van der Waals surface area (Å²) in [5.41, 5.74) is 21.8. The summed E-state index contributed by atoms with van der Waals surface area (Å²) < 4.78 is 0. The number of amides is 12. The Morgan fingerprint density at radius 3 is 1.31 bits per heavy atom. The quantitative estimate of drug-likeness (QED) is 0.0311. The van der Waals surface area contributed by atoms with Gasteiger partial charge in [0, 0.05) is 12.8 Å². The van der Waals surface area contributed by atoms with Crippen LogP contribution in [0, 0.1) is 5.92 Å². The second kappa shape index (κ2) is 31.6. The number of hydrogen-bond donors (Lipinski definition) is 17. The van der Waals surface area contributed by atoms with Crippen molar-refractivity contribution in [1.82, 2.24) is 47.9 Å². The number of rotatable bonds is 33. The summed E-state index contributed by atoms with van der Waals surface area (Å²) >= 11 is 0. The highest BCUT2D eigenvalue weighted by atomic mass is 16.4. The van der Waals surface area contributed by atoms with Gasteiger partial charge in [0.15, 0.2) is 0 Å². The molecule has 0 unspecified atom stereocenters. The Bertz CT molecular complexity index is 2180. The van der Waals surface area contributed by atoms with Crippen LogP contribution in [0.4, 0.5) is 0 Å². The monoisotopic (exact) mass is 1050 g/mol. The summed E-state index contributed by atoms with van der Waals surface area (Å²) in [5.74, 6) is -14.7. The molecule has 0 radical (unpaired) electrons. The summed E-state index contributed by atoms with van der Waals surface area (Å²) in [4.78, 5) is 166. The van der Waals surface area contributed by atoms with Gasteiger partial charge in [-0.3, -0.25) is 57.5 Å². The molecule has 11 atom stereocenters. The van der Waals surface area contributed by atoms with Gasteiger partial charge in [-0.1, -0.05) is 44.2 Å². The Labute approximate surface area is 424 Å². The van der Waals surface area contributed by atoms with Crippen molar-refractivity contribution in [2.45, 2.75) is 140 Å². The first kappa shape index (κ1) is 64.2. The highest BCUT2D eigenvalue weighted by molar-refractivity contribution is 6.00. The van der Waals surface area contributed by atoms with Gasteiger partial charge in [0.05, 0.1) is 38.2 Å². The van der Waals surface area contributed by atoms with E-state index >= 15 is 0 Å². The molecule has 30 heteroatoms. The van der Waals surface area contributed by atoms with E-state index in [4.69, 9.17) is 22.9 Å². The number of carboxylic acids is 1. The fourth-order valence-corrected chi connectivity index (χ4v) is 6.49. The van der Waals surface area contributed by atoms with Crippen LogP contribution in [-0.4, -0.2) is 177 Å². The standard InChI is InChI=1S/C44H69N13O17/c1-19(2)13-28(44(73)74)54-39(68)26(15-32(47)62)51-35(64)21(4)50-43(72)34(22(5)60)57-40(69)27(16-33(48)63)53-38(67)25(14-23-9-7-6-8-10-23)52-41(70)30(18-59)56-42(71)29(17-58)55-36(65)20(3)49-37(66)24(45)11-12-31(46)61/h6-10,19-22,24-30,34,58-60H,11-18,45H2,1-5H3,(H2,46,61)(H2,47,62)(H2,48,63)(H,49,66)(H,50,72)(H,51,64)(H,52,70)(H,53,67)(H,54,68)(H,55,65)(H,56,71)(H,57,69)(H,73,74)/t20-,21-,22+,24-,25-,26-,27-,28-,29-,30-,34-/m0/s1. The normalized spacial score (nSPS) is 15.4. The molecule has 12 amide bonds. The molecule has 21 N–H and O–H groups in total. The number of aliphatic hydroxyl groups excluding tert-OH is 3. The van der Waals surface area contributed by atoms with Gasteiger partial charge in [-0.15, -0.1) is 0 Å². The van der Waals surface area contributed by atoms with Crippen molar-refractivity contribution in [2.24, 2.45) is 28.9 Å². The third-order valence-corrected chi connectivity index (χ3v) is 10.6. The van der Waals surface area contributed by atoms with E-state index < -0.39 is 169 Å². The second-order valence-corrected chi connectivity index (χ2v) is 17.5. The number of carboxylic acid groups (broad SMARTS) is 1. The smallest absolute Gasteiger partial charge is 0.326 e. The molecule has 412 valence electrons. The van der Waals surface area contributed by atoms with Gasteiger partial charge >= 0.3 is 5.97 Å². The van der Waals surface area contributed by atoms with E-state index in [1.807, 2.05) is 0 Å². The van der Waals surface area contributed by atoms with Crippen LogP contribution in [0.3, 0.4) is 0 Å². The number of hydrogen-bond acceptors (Lipinski definition) is 17. The molecule has 30 nitrogen and oxygen atoms in total. The van der Waals surface area contributed by atoms with Crippen molar-refractivity contribution >= 4 is 76.9 Å². The van der Waals surface area contributed by atoms with Gasteiger partial charge in [0.25, 0.3) is 0 Å². The predicted molar refractivity (Wildman–Crippen MR) is 256 cm³/mol. The molecule has 74 heavy (non-hydrogen) atoms. The molecule has 0 aliphatic heterocycles. The van der Waals surface area contributed by atoms with Crippen LogP contribution in [0.25, 0.3) is 0 Å². The molecular formula is C44H69N13O17. The molecule has 1 aromatic carbocycles. The Hall–Kier alpha value is -7.83. The van der Waals surface area contributed by atoms with E-state index in [0.29, 0.717) is 5.56 Å². The number of nitrogens with one attached hydrogen (secondary N) is 9. The zero-order chi connectivity index (χ0) is 56.6. The van der Waals surface area contributed by atoms with Crippen LogP contribution in [0.15, 0.2) is 30.3 Å². The van der Waals surface area contributed by atoms with Crippen LogP contribution in [0.2, 0.25) is 0 Å². The first-order chi connectivity index (χ1) is 34.5. The van der Waals surface area contributed by atoms with Crippen molar-refractivity contribution in [3.05, 3.63) is 35.9 Å².